The third-order valence-electron chi connectivity index (χ3n) is 6.87. The second kappa shape index (κ2) is 12.2. The number of amides is 1. The molecule has 1 aliphatic carbocycles. The molecule has 16 heteroatoms. The third kappa shape index (κ3) is 6.32. The number of aromatic nitrogens is 3. The summed E-state index contributed by atoms with van der Waals surface area (Å²) in [7, 11) is 0. The van der Waals surface area contributed by atoms with Crippen molar-refractivity contribution in [1.29, 1.82) is 0 Å². The van der Waals surface area contributed by atoms with Gasteiger partial charge in [0.1, 0.15) is 17.3 Å². The summed E-state index contributed by atoms with van der Waals surface area (Å²) < 4.78 is 75.7. The van der Waals surface area contributed by atoms with E-state index in [4.69, 9.17) is 4.74 Å². The quantitative estimate of drug-likeness (QED) is 0.124. The molecular weight excluding hydrogens is 609 g/mol. The van der Waals surface area contributed by atoms with E-state index in [2.05, 4.69) is 20.6 Å². The second-order valence-corrected chi connectivity index (χ2v) is 10.2. The van der Waals surface area contributed by atoms with E-state index in [-0.39, 0.29) is 28.2 Å². The van der Waals surface area contributed by atoms with Crippen LogP contribution in [0.2, 0.25) is 0 Å². The molecule has 0 aliphatic heterocycles. The Morgan fingerprint density at radius 1 is 1.04 bits per heavy atom. The topological polar surface area (TPSA) is 156 Å². The molecule has 4 aromatic rings. The summed E-state index contributed by atoms with van der Waals surface area (Å²) in [4.78, 5) is 46.9. The van der Waals surface area contributed by atoms with Gasteiger partial charge in [-0.3, -0.25) is 14.2 Å². The highest BCUT2D eigenvalue weighted by Gasteiger charge is 2.43. The molecule has 45 heavy (non-hydrogen) atoms. The number of rotatable bonds is 9. The molecule has 2 aromatic heterocycles. The first-order valence-electron chi connectivity index (χ1n) is 13.4. The van der Waals surface area contributed by atoms with Crippen LogP contribution in [0, 0.1) is 18.6 Å². The molecule has 0 bridgehead atoms. The Bertz CT molecular complexity index is 1850. The van der Waals surface area contributed by atoms with Crippen LogP contribution in [0.5, 0.6) is 5.75 Å². The summed E-state index contributed by atoms with van der Waals surface area (Å²) in [5.74, 6) is -7.06. The number of fused-ring (bicyclic) bond motifs is 1. The first-order chi connectivity index (χ1) is 21.3. The molecule has 0 atom stereocenters. The molecule has 1 aliphatic rings. The zero-order chi connectivity index (χ0) is 32.6. The summed E-state index contributed by atoms with van der Waals surface area (Å²) in [6, 6.07) is 6.10. The Morgan fingerprint density at radius 3 is 2.31 bits per heavy atom. The van der Waals surface area contributed by atoms with Gasteiger partial charge in [0.2, 0.25) is 5.95 Å². The number of esters is 1. The number of aliphatic hydroxyl groups excluding tert-OH is 2. The van der Waals surface area contributed by atoms with E-state index in [0.29, 0.717) is 17.4 Å². The van der Waals surface area contributed by atoms with Crippen LogP contribution in [-0.4, -0.2) is 68.1 Å². The zero-order valence-corrected chi connectivity index (χ0v) is 23.3. The molecule has 0 saturated heterocycles. The number of hydrogen-bond donors (Lipinski definition) is 4. The van der Waals surface area contributed by atoms with Crippen LogP contribution in [0.3, 0.4) is 0 Å². The van der Waals surface area contributed by atoms with Crippen LogP contribution in [-0.2, 0) is 4.79 Å². The van der Waals surface area contributed by atoms with Crippen molar-refractivity contribution in [2.45, 2.75) is 38.0 Å². The lowest BCUT2D eigenvalue weighted by atomic mass is 9.97. The van der Waals surface area contributed by atoms with Crippen molar-refractivity contribution in [2.24, 2.45) is 0 Å². The number of aryl methyl sites for hydroxylation is 1. The number of ether oxygens (including phenoxy) is 1. The van der Waals surface area contributed by atoms with E-state index in [1.807, 2.05) is 0 Å². The minimum Gasteiger partial charge on any atom is -0.418 e. The second-order valence-electron chi connectivity index (χ2n) is 10.2. The molecule has 4 N–H and O–H groups in total. The van der Waals surface area contributed by atoms with E-state index in [0.717, 1.165) is 36.4 Å². The Balaban J connectivity index is 1.88. The van der Waals surface area contributed by atoms with Gasteiger partial charge < -0.3 is 25.6 Å². The fourth-order valence-electron chi connectivity index (χ4n) is 4.52. The number of alkyl halides is 3. The van der Waals surface area contributed by atoms with Crippen LogP contribution in [0.1, 0.15) is 28.8 Å². The normalized spacial score (nSPS) is 13.3. The van der Waals surface area contributed by atoms with Crippen LogP contribution >= 0.6 is 0 Å². The maximum Gasteiger partial charge on any atom is 0.491 e. The number of nitrogens with one attached hydrogen (secondary N) is 2. The maximum absolute atomic E-state index is 15.0. The number of nitrogens with zero attached hydrogens (tertiary/aromatic N) is 3. The molecule has 1 amide bonds. The molecule has 1 fully saturated rings. The molecule has 0 unspecified atom stereocenters. The lowest BCUT2D eigenvalue weighted by Gasteiger charge is -2.21. The molecule has 0 spiro atoms. The van der Waals surface area contributed by atoms with E-state index in [9.17, 15) is 46.5 Å². The summed E-state index contributed by atoms with van der Waals surface area (Å²) in [5, 5.41) is 24.3. The monoisotopic (exact) mass is 633 g/mol. The SMILES string of the molecule is Cc1ccc(C(=O)NC2CC2)c(OC(=O)C(F)(F)F)c1-c1nc(NC(CO)CO)nc2c1ccc(=O)n2-c1c(F)cccc1F. The average Bonchev–Trinajstić information content (AvgIpc) is 3.80. The number of pyridine rings is 1. The molecule has 0 radical (unpaired) electrons. The Labute approximate surface area is 250 Å². The summed E-state index contributed by atoms with van der Waals surface area (Å²) in [6.45, 7) is 0.114. The first-order valence-corrected chi connectivity index (χ1v) is 13.4. The smallest absolute Gasteiger partial charge is 0.418 e. The van der Waals surface area contributed by atoms with Gasteiger partial charge in [-0.1, -0.05) is 12.1 Å². The fraction of sp³-hybridized carbons (Fsp3) is 0.276. The largest absolute Gasteiger partial charge is 0.491 e. The molecule has 2 aromatic carbocycles. The van der Waals surface area contributed by atoms with Gasteiger partial charge in [-0.2, -0.15) is 18.2 Å². The maximum atomic E-state index is 15.0. The van der Waals surface area contributed by atoms with E-state index >= 15 is 0 Å². The van der Waals surface area contributed by atoms with Gasteiger partial charge in [-0.25, -0.2) is 18.6 Å². The number of benzene rings is 2. The Morgan fingerprint density at radius 2 is 1.71 bits per heavy atom. The Hall–Kier alpha value is -4.96. The van der Waals surface area contributed by atoms with Crippen LogP contribution in [0.25, 0.3) is 28.0 Å². The van der Waals surface area contributed by atoms with Crippen LogP contribution in [0.15, 0.2) is 47.3 Å². The van der Waals surface area contributed by atoms with Crippen molar-refractivity contribution in [1.82, 2.24) is 19.9 Å². The number of carbonyl (C=O) groups is 2. The van der Waals surface area contributed by atoms with E-state index in [1.54, 1.807) is 0 Å². The molecular formula is C29H24F5N5O6. The fourth-order valence-corrected chi connectivity index (χ4v) is 4.52. The van der Waals surface area contributed by atoms with Crippen molar-refractivity contribution in [3.63, 3.8) is 0 Å². The lowest BCUT2D eigenvalue weighted by molar-refractivity contribution is -0.189. The van der Waals surface area contributed by atoms with Crippen LogP contribution in [0.4, 0.5) is 27.9 Å². The van der Waals surface area contributed by atoms with Crippen molar-refractivity contribution in [3.8, 4) is 22.7 Å². The van der Waals surface area contributed by atoms with Gasteiger partial charge >= 0.3 is 12.1 Å². The highest BCUT2D eigenvalue weighted by molar-refractivity contribution is 6.04. The third-order valence-corrected chi connectivity index (χ3v) is 6.87. The van der Waals surface area contributed by atoms with Gasteiger partial charge in [-0.05, 0) is 49.6 Å². The Kier molecular flexibility index (Phi) is 8.53. The summed E-state index contributed by atoms with van der Waals surface area (Å²) in [5.41, 5.74) is -3.16. The van der Waals surface area contributed by atoms with Crippen LogP contribution < -0.4 is 20.9 Å². The summed E-state index contributed by atoms with van der Waals surface area (Å²) >= 11 is 0. The van der Waals surface area contributed by atoms with E-state index < -0.39 is 83.1 Å². The predicted octanol–water partition coefficient (Wildman–Crippen LogP) is 3.16. The first kappa shape index (κ1) is 31.5. The van der Waals surface area contributed by atoms with Gasteiger partial charge in [-0.15, -0.1) is 0 Å². The average molecular weight is 634 g/mol. The number of carbonyl (C=O) groups excluding carboxylic acids is 2. The zero-order valence-electron chi connectivity index (χ0n) is 23.3. The molecule has 1 saturated carbocycles. The predicted molar refractivity (Wildman–Crippen MR) is 149 cm³/mol. The van der Waals surface area contributed by atoms with Crippen molar-refractivity contribution in [2.75, 3.05) is 18.5 Å². The molecule has 5 rings (SSSR count). The molecule has 11 nitrogen and oxygen atoms in total. The number of hydrogen-bond acceptors (Lipinski definition) is 9. The number of halogens is 5. The van der Waals surface area contributed by atoms with Gasteiger partial charge in [0.05, 0.1) is 30.5 Å². The number of anilines is 1. The number of para-hydroxylation sites is 1. The molecule has 236 valence electrons. The standard InChI is InChI=1S/C29H24F5N5O6/c1-13-5-8-17(26(43)35-14-6-7-14)24(45-27(44)29(32,33)34)21(13)22-16-9-10-20(42)39(23-18(30)3-2-4-19(23)31)25(16)38-28(37-22)36-15(11-40)12-41/h2-5,8-10,14-15,40-41H,6-7,11-12H2,1H3,(H,35,43)(H,36,37,38). The number of aliphatic hydroxyl groups is 2. The van der Waals surface area contributed by atoms with Gasteiger partial charge in [0.15, 0.2) is 11.4 Å². The highest BCUT2D eigenvalue weighted by atomic mass is 19.4. The minimum atomic E-state index is -5.47. The minimum absolute atomic E-state index is 0.143. The molecule has 2 heterocycles. The van der Waals surface area contributed by atoms with Gasteiger partial charge in [0.25, 0.3) is 11.5 Å². The van der Waals surface area contributed by atoms with E-state index in [1.165, 1.54) is 13.0 Å². The summed E-state index contributed by atoms with van der Waals surface area (Å²) in [6.07, 6.45) is -4.20. The lowest BCUT2D eigenvalue weighted by Crippen LogP contribution is -2.31. The highest BCUT2D eigenvalue weighted by Crippen LogP contribution is 2.40. The van der Waals surface area contributed by atoms with Crippen molar-refractivity contribution in [3.05, 3.63) is 75.6 Å². The van der Waals surface area contributed by atoms with Crippen molar-refractivity contribution < 1.29 is 46.5 Å². The van der Waals surface area contributed by atoms with Crippen molar-refractivity contribution >= 4 is 28.9 Å². The van der Waals surface area contributed by atoms with Gasteiger partial charge in [0, 0.05) is 23.1 Å².